The molecule has 1 heterocycles. The average molecular weight is 216 g/mol. The quantitative estimate of drug-likeness (QED) is 0.724. The molecule has 0 aromatic carbocycles. The van der Waals surface area contributed by atoms with E-state index in [1.54, 1.807) is 11.8 Å². The number of aromatic amines is 1. The van der Waals surface area contributed by atoms with E-state index in [4.69, 9.17) is 0 Å². The van der Waals surface area contributed by atoms with Crippen molar-refractivity contribution >= 4 is 11.8 Å². The van der Waals surface area contributed by atoms with Crippen LogP contribution in [0.15, 0.2) is 0 Å². The largest absolute Gasteiger partial charge is 0.393 e. The van der Waals surface area contributed by atoms with Crippen molar-refractivity contribution < 1.29 is 5.11 Å². The molecule has 0 saturated heterocycles. The fourth-order valence-corrected chi connectivity index (χ4v) is 2.09. The molecule has 0 bridgehead atoms. The van der Waals surface area contributed by atoms with Gasteiger partial charge in [0.2, 0.25) is 0 Å². The first-order valence-corrected chi connectivity index (χ1v) is 6.01. The van der Waals surface area contributed by atoms with Crippen molar-refractivity contribution in [1.82, 2.24) is 20.6 Å². The number of thioether (sulfide) groups is 1. The van der Waals surface area contributed by atoms with E-state index >= 15 is 0 Å². The zero-order valence-electron chi connectivity index (χ0n) is 8.47. The molecule has 0 aliphatic rings. The van der Waals surface area contributed by atoms with E-state index in [2.05, 4.69) is 33.8 Å². The van der Waals surface area contributed by atoms with Gasteiger partial charge in [-0.3, -0.25) is 0 Å². The van der Waals surface area contributed by atoms with Gasteiger partial charge >= 0.3 is 0 Å². The van der Waals surface area contributed by atoms with Crippen LogP contribution in [0.2, 0.25) is 0 Å². The van der Waals surface area contributed by atoms with Gasteiger partial charge in [0.1, 0.15) is 0 Å². The molecule has 1 rings (SSSR count). The number of aromatic nitrogens is 4. The summed E-state index contributed by atoms with van der Waals surface area (Å²) in [5.74, 6) is 2.17. The van der Waals surface area contributed by atoms with Crippen LogP contribution in [0.3, 0.4) is 0 Å². The molecule has 6 heteroatoms. The summed E-state index contributed by atoms with van der Waals surface area (Å²) in [5.41, 5.74) is 0. The Kier molecular flexibility index (Phi) is 4.89. The Balaban J connectivity index is 2.25. The molecule has 0 aliphatic heterocycles. The summed E-state index contributed by atoms with van der Waals surface area (Å²) >= 11 is 1.80. The third-order valence-corrected chi connectivity index (χ3v) is 2.84. The van der Waals surface area contributed by atoms with E-state index in [9.17, 15) is 5.11 Å². The van der Waals surface area contributed by atoms with Crippen LogP contribution < -0.4 is 0 Å². The monoisotopic (exact) mass is 216 g/mol. The van der Waals surface area contributed by atoms with Gasteiger partial charge in [0.15, 0.2) is 5.82 Å². The highest BCUT2D eigenvalue weighted by molar-refractivity contribution is 7.98. The van der Waals surface area contributed by atoms with Crippen LogP contribution in [0.1, 0.15) is 19.2 Å². The maximum Gasteiger partial charge on any atom is 0.177 e. The van der Waals surface area contributed by atoms with E-state index in [1.807, 2.05) is 0 Å². The fraction of sp³-hybridized carbons (Fsp3) is 0.875. The van der Waals surface area contributed by atoms with E-state index in [-0.39, 0.29) is 6.10 Å². The molecule has 14 heavy (non-hydrogen) atoms. The van der Waals surface area contributed by atoms with Crippen molar-refractivity contribution in [3.63, 3.8) is 0 Å². The standard InChI is InChI=1S/C8H16N4OS/c1-6(5-14-2)3-7(13)4-8-9-11-12-10-8/h6-7,13H,3-5H2,1-2H3,(H,9,10,11,12). The number of hydrogen-bond donors (Lipinski definition) is 2. The molecule has 0 aliphatic carbocycles. The first-order chi connectivity index (χ1) is 6.72. The number of tetrazole rings is 1. The minimum atomic E-state index is -0.366. The zero-order chi connectivity index (χ0) is 10.4. The summed E-state index contributed by atoms with van der Waals surface area (Å²) in [5, 5.41) is 23.1. The first kappa shape index (κ1) is 11.5. The van der Waals surface area contributed by atoms with Crippen molar-refractivity contribution in [3.8, 4) is 0 Å². The summed E-state index contributed by atoms with van der Waals surface area (Å²) in [6.07, 6.45) is 2.97. The summed E-state index contributed by atoms with van der Waals surface area (Å²) < 4.78 is 0. The Labute approximate surface area is 87.7 Å². The predicted octanol–water partition coefficient (Wildman–Crippen LogP) is 0.492. The Bertz CT molecular complexity index is 241. The highest BCUT2D eigenvalue weighted by Crippen LogP contribution is 2.13. The van der Waals surface area contributed by atoms with Crippen molar-refractivity contribution in [2.24, 2.45) is 5.92 Å². The SMILES string of the molecule is CSCC(C)CC(O)Cc1nn[nH]n1. The molecule has 0 fully saturated rings. The Morgan fingerprint density at radius 3 is 2.93 bits per heavy atom. The number of nitrogens with one attached hydrogen (secondary N) is 1. The molecular weight excluding hydrogens is 200 g/mol. The molecule has 1 aromatic rings. The second-order valence-electron chi connectivity index (χ2n) is 3.48. The lowest BCUT2D eigenvalue weighted by Crippen LogP contribution is -2.16. The van der Waals surface area contributed by atoms with Gasteiger partial charge in [-0.05, 0) is 24.3 Å². The van der Waals surface area contributed by atoms with Crippen molar-refractivity contribution in [2.45, 2.75) is 25.9 Å². The Morgan fingerprint density at radius 1 is 1.57 bits per heavy atom. The highest BCUT2D eigenvalue weighted by Gasteiger charge is 2.12. The number of hydrogen-bond acceptors (Lipinski definition) is 5. The lowest BCUT2D eigenvalue weighted by molar-refractivity contribution is 0.147. The van der Waals surface area contributed by atoms with Crippen molar-refractivity contribution in [3.05, 3.63) is 5.82 Å². The molecule has 0 spiro atoms. The van der Waals surface area contributed by atoms with Gasteiger partial charge < -0.3 is 5.11 Å². The van der Waals surface area contributed by atoms with Crippen LogP contribution in [0.25, 0.3) is 0 Å². The molecule has 5 nitrogen and oxygen atoms in total. The average Bonchev–Trinajstić information content (AvgIpc) is 2.56. The van der Waals surface area contributed by atoms with E-state index in [0.29, 0.717) is 18.2 Å². The minimum absolute atomic E-state index is 0.366. The molecular formula is C8H16N4OS. The Morgan fingerprint density at radius 2 is 2.36 bits per heavy atom. The molecule has 0 saturated carbocycles. The van der Waals surface area contributed by atoms with Gasteiger partial charge in [0.05, 0.1) is 6.10 Å². The van der Waals surface area contributed by atoms with Gasteiger partial charge in [-0.25, -0.2) is 0 Å². The maximum absolute atomic E-state index is 9.69. The second-order valence-corrected chi connectivity index (χ2v) is 4.39. The van der Waals surface area contributed by atoms with Gasteiger partial charge in [0.25, 0.3) is 0 Å². The lowest BCUT2D eigenvalue weighted by Gasteiger charge is -2.13. The molecule has 1 aromatic heterocycles. The minimum Gasteiger partial charge on any atom is -0.393 e. The molecule has 2 unspecified atom stereocenters. The molecule has 0 radical (unpaired) electrons. The van der Waals surface area contributed by atoms with Gasteiger partial charge in [-0.1, -0.05) is 12.1 Å². The van der Waals surface area contributed by atoms with E-state index < -0.39 is 0 Å². The van der Waals surface area contributed by atoms with Crippen LogP contribution in [0, 0.1) is 5.92 Å². The summed E-state index contributed by atoms with van der Waals surface area (Å²) in [7, 11) is 0. The van der Waals surface area contributed by atoms with Crippen LogP contribution in [-0.4, -0.2) is 43.8 Å². The normalized spacial score (nSPS) is 15.4. The summed E-state index contributed by atoms with van der Waals surface area (Å²) in [6.45, 7) is 2.13. The smallest absolute Gasteiger partial charge is 0.177 e. The first-order valence-electron chi connectivity index (χ1n) is 4.61. The summed E-state index contributed by atoms with van der Waals surface area (Å²) in [6, 6.07) is 0. The van der Waals surface area contributed by atoms with Crippen LogP contribution >= 0.6 is 11.8 Å². The number of aliphatic hydroxyl groups excluding tert-OH is 1. The van der Waals surface area contributed by atoms with Gasteiger partial charge in [-0.2, -0.15) is 17.0 Å². The summed E-state index contributed by atoms with van der Waals surface area (Å²) in [4.78, 5) is 0. The van der Waals surface area contributed by atoms with E-state index in [1.165, 1.54) is 0 Å². The maximum atomic E-state index is 9.69. The molecule has 80 valence electrons. The number of aliphatic hydroxyl groups is 1. The van der Waals surface area contributed by atoms with Gasteiger partial charge in [0, 0.05) is 6.42 Å². The fourth-order valence-electron chi connectivity index (χ4n) is 1.38. The van der Waals surface area contributed by atoms with Crippen molar-refractivity contribution in [1.29, 1.82) is 0 Å². The number of nitrogens with zero attached hydrogens (tertiary/aromatic N) is 3. The van der Waals surface area contributed by atoms with E-state index in [0.717, 1.165) is 12.2 Å². The zero-order valence-corrected chi connectivity index (χ0v) is 9.29. The third-order valence-electron chi connectivity index (χ3n) is 1.93. The number of H-pyrrole nitrogens is 1. The molecule has 2 N–H and O–H groups in total. The third kappa shape index (κ3) is 4.06. The Hall–Kier alpha value is -0.620. The number of rotatable bonds is 6. The van der Waals surface area contributed by atoms with Crippen molar-refractivity contribution in [2.75, 3.05) is 12.0 Å². The second kappa shape index (κ2) is 5.98. The lowest BCUT2D eigenvalue weighted by atomic mass is 10.0. The topological polar surface area (TPSA) is 74.7 Å². The van der Waals surface area contributed by atoms with Crippen LogP contribution in [0.4, 0.5) is 0 Å². The van der Waals surface area contributed by atoms with Gasteiger partial charge in [-0.15, -0.1) is 10.2 Å². The predicted molar refractivity (Wildman–Crippen MR) is 56.1 cm³/mol. The van der Waals surface area contributed by atoms with Crippen LogP contribution in [0.5, 0.6) is 0 Å². The molecule has 2 atom stereocenters. The highest BCUT2D eigenvalue weighted by atomic mass is 32.2. The van der Waals surface area contributed by atoms with Crippen LogP contribution in [-0.2, 0) is 6.42 Å². The molecule has 0 amide bonds.